The number of nitrogens with zero attached hydrogens (tertiary/aromatic N) is 11. The summed E-state index contributed by atoms with van der Waals surface area (Å²) < 4.78 is 2.29. The number of fused-ring (bicyclic) bond motifs is 8. The van der Waals surface area contributed by atoms with Gasteiger partial charge < -0.3 is 0 Å². The molecule has 0 fully saturated rings. The van der Waals surface area contributed by atoms with Gasteiger partial charge in [-0.15, -0.1) is 22.7 Å². The third-order valence-corrected chi connectivity index (χ3v) is 23.6. The molecule has 0 radical (unpaired) electrons. The van der Waals surface area contributed by atoms with Gasteiger partial charge in [-0.25, -0.2) is 49.8 Å². The molecule has 15 aromatic carbocycles. The second-order valence-electron chi connectivity index (χ2n) is 28.9. The third-order valence-electron chi connectivity index (χ3n) is 21.4. The predicted molar refractivity (Wildman–Crippen MR) is 486 cm³/mol. The van der Waals surface area contributed by atoms with Crippen molar-refractivity contribution >= 4 is 85.7 Å². The third kappa shape index (κ3) is 14.0. The van der Waals surface area contributed by atoms with Gasteiger partial charge in [0.1, 0.15) is 26.2 Å². The van der Waals surface area contributed by atoms with Crippen LogP contribution in [0.3, 0.4) is 0 Å². The Hall–Kier alpha value is -15.4. The Morgan fingerprint density at radius 1 is 0.161 bits per heavy atom. The monoisotopic (exact) mass is 1540 g/mol. The van der Waals surface area contributed by atoms with E-state index in [0.29, 0.717) is 34.9 Å². The van der Waals surface area contributed by atoms with Crippen molar-refractivity contribution in [3.63, 3.8) is 0 Å². The van der Waals surface area contributed by atoms with Crippen LogP contribution in [-0.4, -0.2) is 54.8 Å². The van der Waals surface area contributed by atoms with Gasteiger partial charge in [-0.3, -0.25) is 4.98 Å². The SMILES string of the molecule is c1ccc(-c2ccc(-c3nc(-c4ccccc4)nc(-c4ccc(-c5cccc(-c6cccc(-c7cccc8c7sc7nc9ccccc9nc78)c6)c5)cc4)n3)cc2)cc1.c1ccc(-c2ccc(-c3nc(-c4ccccc4)nc(-c4ccc(-c5cccc(-c6cccc(-c7ccnc8c7sc7nc9ccccc9nc78)c6)c5)cc4)n3)cc2)cc1. The molecule has 0 N–H and O–H groups in total. The summed E-state index contributed by atoms with van der Waals surface area (Å²) in [5, 5.41) is 1.14. The molecule has 13 heteroatoms. The van der Waals surface area contributed by atoms with E-state index in [0.717, 1.165) is 164 Å². The van der Waals surface area contributed by atoms with Gasteiger partial charge in [0.2, 0.25) is 0 Å². The maximum absolute atomic E-state index is 5.01. The summed E-state index contributed by atoms with van der Waals surface area (Å²) in [6.45, 7) is 0. The second-order valence-corrected chi connectivity index (χ2v) is 30.9. The molecule has 0 aliphatic heterocycles. The number of rotatable bonds is 14. The highest BCUT2D eigenvalue weighted by atomic mass is 32.1. The molecule has 0 atom stereocenters. The van der Waals surface area contributed by atoms with Gasteiger partial charge in [0.25, 0.3) is 0 Å². The first-order chi connectivity index (χ1) is 58.4. The van der Waals surface area contributed by atoms with Gasteiger partial charge in [0.15, 0.2) is 34.9 Å². The van der Waals surface area contributed by atoms with Gasteiger partial charge in [0, 0.05) is 55.2 Å². The molecule has 0 aliphatic carbocycles. The van der Waals surface area contributed by atoms with E-state index in [4.69, 9.17) is 54.8 Å². The fraction of sp³-hybridized carbons (Fsp3) is 0. The number of hydrogen-bond acceptors (Lipinski definition) is 13. The smallest absolute Gasteiger partial charge is 0.164 e. The van der Waals surface area contributed by atoms with E-state index in [2.05, 4.69) is 267 Å². The van der Waals surface area contributed by atoms with Crippen LogP contribution < -0.4 is 0 Å². The van der Waals surface area contributed by atoms with E-state index in [9.17, 15) is 0 Å². The number of para-hydroxylation sites is 4. The Morgan fingerprint density at radius 3 is 0.805 bits per heavy atom. The Kier molecular flexibility index (Phi) is 18.4. The van der Waals surface area contributed by atoms with Crippen molar-refractivity contribution in [1.29, 1.82) is 0 Å². The van der Waals surface area contributed by atoms with Crippen LogP contribution in [0.25, 0.3) is 220 Å². The highest BCUT2D eigenvalue weighted by Crippen LogP contribution is 2.43. The Morgan fingerprint density at radius 2 is 0.415 bits per heavy atom. The first kappa shape index (κ1) is 70.5. The molecule has 22 aromatic rings. The number of benzene rings is 15. The Bertz CT molecular complexity index is 7070. The van der Waals surface area contributed by atoms with E-state index in [1.54, 1.807) is 22.7 Å². The van der Waals surface area contributed by atoms with Crippen LogP contribution in [0.5, 0.6) is 0 Å². The predicted octanol–water partition coefficient (Wildman–Crippen LogP) is 27.1. The molecule has 0 unspecified atom stereocenters. The topological polar surface area (TPSA) is 142 Å². The van der Waals surface area contributed by atoms with E-state index in [1.165, 1.54) is 21.4 Å². The average molecular weight is 1540 g/mol. The van der Waals surface area contributed by atoms with Crippen molar-refractivity contribution in [2.75, 3.05) is 0 Å². The van der Waals surface area contributed by atoms with Gasteiger partial charge in [-0.05, 0) is 138 Å². The zero-order valence-electron chi connectivity index (χ0n) is 63.3. The van der Waals surface area contributed by atoms with Crippen molar-refractivity contribution in [3.05, 3.63) is 394 Å². The highest BCUT2D eigenvalue weighted by molar-refractivity contribution is 7.26. The lowest BCUT2D eigenvalue weighted by Crippen LogP contribution is -2.00. The normalized spacial score (nSPS) is 11.4. The lowest BCUT2D eigenvalue weighted by molar-refractivity contribution is 1.07. The van der Waals surface area contributed by atoms with Gasteiger partial charge in [-0.1, -0.05) is 334 Å². The maximum Gasteiger partial charge on any atom is 0.164 e. The molecule has 552 valence electrons. The van der Waals surface area contributed by atoms with Crippen LogP contribution in [0, 0.1) is 0 Å². The molecule has 0 spiro atoms. The number of thiophene rings is 2. The van der Waals surface area contributed by atoms with E-state index < -0.39 is 0 Å². The lowest BCUT2D eigenvalue weighted by Gasteiger charge is -2.11. The molecule has 7 aromatic heterocycles. The zero-order chi connectivity index (χ0) is 78.2. The molecule has 0 saturated carbocycles. The maximum atomic E-state index is 5.01. The largest absolute Gasteiger partial charge is 0.253 e. The van der Waals surface area contributed by atoms with E-state index in [1.807, 2.05) is 128 Å². The molecule has 0 aliphatic rings. The van der Waals surface area contributed by atoms with Crippen molar-refractivity contribution in [3.8, 4) is 157 Å². The molecule has 0 bridgehead atoms. The van der Waals surface area contributed by atoms with Crippen molar-refractivity contribution in [2.45, 2.75) is 0 Å². The number of hydrogen-bond donors (Lipinski definition) is 0. The summed E-state index contributed by atoms with van der Waals surface area (Å²) in [7, 11) is 0. The van der Waals surface area contributed by atoms with Crippen LogP contribution in [-0.2, 0) is 0 Å². The van der Waals surface area contributed by atoms with E-state index in [-0.39, 0.29) is 0 Å². The Balaban J connectivity index is 0.000000147. The second kappa shape index (κ2) is 30.8. The van der Waals surface area contributed by atoms with Crippen molar-refractivity contribution in [1.82, 2.24) is 54.8 Å². The summed E-state index contributed by atoms with van der Waals surface area (Å²) in [5.41, 5.74) is 30.2. The highest BCUT2D eigenvalue weighted by Gasteiger charge is 2.21. The van der Waals surface area contributed by atoms with Crippen LogP contribution in [0.4, 0.5) is 0 Å². The fourth-order valence-electron chi connectivity index (χ4n) is 15.3. The molecule has 11 nitrogen and oxygen atoms in total. The van der Waals surface area contributed by atoms with Crippen molar-refractivity contribution < 1.29 is 0 Å². The van der Waals surface area contributed by atoms with Crippen LogP contribution in [0.15, 0.2) is 394 Å². The molecule has 118 heavy (non-hydrogen) atoms. The van der Waals surface area contributed by atoms with Gasteiger partial charge in [0.05, 0.1) is 26.8 Å². The first-order valence-electron chi connectivity index (χ1n) is 39.0. The summed E-state index contributed by atoms with van der Waals surface area (Å²) in [5.74, 6) is 3.81. The standard InChI is InChI=1S/C53H33N5S.C52H32N6S/c1-3-12-34(13-4-1)35-24-28-38(29-25-35)51-56-50(37-14-5-2-6-15-37)57-52(58-51)39-30-26-36(27-31-39)40-16-9-17-41(32-40)42-18-10-19-43(33-42)44-20-11-21-45-48-53(59-49(44)45)55-47-23-8-7-22-46(47)54-48;1-3-11-33(12-4-1)34-21-25-37(26-22-34)50-56-49(36-13-5-2-6-14-36)57-51(58-50)38-27-23-35(24-28-38)39-15-9-16-40(31-39)41-17-10-18-42(32-41)43-29-30-53-46-47-52(59-48(43)46)55-45-20-8-7-19-44(45)54-47/h1-33H;1-32H. The molecule has 7 heterocycles. The minimum Gasteiger partial charge on any atom is -0.253 e. The molecular formula is C105H65N11S2. The number of pyridine rings is 1. The minimum absolute atomic E-state index is 0.627. The molecule has 22 rings (SSSR count). The van der Waals surface area contributed by atoms with Crippen molar-refractivity contribution in [2.24, 2.45) is 0 Å². The summed E-state index contributed by atoms with van der Waals surface area (Å²) >= 11 is 3.36. The molecular weight excluding hydrogens is 1480 g/mol. The average Bonchev–Trinajstić information content (AvgIpc) is 1.60. The fourth-order valence-corrected chi connectivity index (χ4v) is 17.6. The van der Waals surface area contributed by atoms with Gasteiger partial charge >= 0.3 is 0 Å². The molecule has 0 amide bonds. The van der Waals surface area contributed by atoms with Crippen LogP contribution >= 0.6 is 22.7 Å². The van der Waals surface area contributed by atoms with Crippen LogP contribution in [0.2, 0.25) is 0 Å². The van der Waals surface area contributed by atoms with E-state index >= 15 is 0 Å². The molecule has 0 saturated heterocycles. The summed E-state index contributed by atoms with van der Waals surface area (Å²) in [6, 6.07) is 134. The summed E-state index contributed by atoms with van der Waals surface area (Å²) in [4.78, 5) is 56.3. The van der Waals surface area contributed by atoms with Crippen LogP contribution in [0.1, 0.15) is 0 Å². The zero-order valence-corrected chi connectivity index (χ0v) is 64.9. The minimum atomic E-state index is 0.627. The summed E-state index contributed by atoms with van der Waals surface area (Å²) in [6.07, 6.45) is 1.88. The number of aromatic nitrogens is 11. The lowest BCUT2D eigenvalue weighted by atomic mass is 9.95. The first-order valence-corrected chi connectivity index (χ1v) is 40.6. The van der Waals surface area contributed by atoms with Gasteiger partial charge in [-0.2, -0.15) is 0 Å². The Labute approximate surface area is 687 Å². The quantitative estimate of drug-likeness (QED) is 0.103.